The van der Waals surface area contributed by atoms with Crippen LogP contribution in [0.4, 0.5) is 0 Å². The molecule has 1 saturated carbocycles. The molecular formula is C16H14ClNO2. The van der Waals surface area contributed by atoms with Crippen LogP contribution in [-0.2, 0) is 0 Å². The van der Waals surface area contributed by atoms with E-state index in [9.17, 15) is 4.79 Å². The SMILES string of the molecule is NC(=O)c1cccc(-c2ccc(OC3CC3)c(Cl)c2)c1. The number of nitrogens with two attached hydrogens (primary N) is 1. The highest BCUT2D eigenvalue weighted by Crippen LogP contribution is 2.34. The summed E-state index contributed by atoms with van der Waals surface area (Å²) in [5.74, 6) is 0.274. The highest BCUT2D eigenvalue weighted by molar-refractivity contribution is 6.32. The van der Waals surface area contributed by atoms with Gasteiger partial charge < -0.3 is 10.5 Å². The Morgan fingerprint density at radius 3 is 2.55 bits per heavy atom. The van der Waals surface area contributed by atoms with Gasteiger partial charge in [0.25, 0.3) is 0 Å². The van der Waals surface area contributed by atoms with E-state index in [0.29, 0.717) is 22.4 Å². The van der Waals surface area contributed by atoms with Gasteiger partial charge in [-0.25, -0.2) is 0 Å². The van der Waals surface area contributed by atoms with E-state index in [1.807, 2.05) is 24.3 Å². The van der Waals surface area contributed by atoms with E-state index in [1.165, 1.54) is 0 Å². The number of carbonyl (C=O) groups is 1. The van der Waals surface area contributed by atoms with E-state index < -0.39 is 5.91 Å². The van der Waals surface area contributed by atoms with Crippen molar-refractivity contribution < 1.29 is 9.53 Å². The molecule has 0 aliphatic heterocycles. The van der Waals surface area contributed by atoms with E-state index in [1.54, 1.807) is 18.2 Å². The summed E-state index contributed by atoms with van der Waals surface area (Å²) in [4.78, 5) is 11.2. The fraction of sp³-hybridized carbons (Fsp3) is 0.188. The van der Waals surface area contributed by atoms with Gasteiger partial charge in [-0.2, -0.15) is 0 Å². The molecule has 20 heavy (non-hydrogen) atoms. The monoisotopic (exact) mass is 287 g/mol. The van der Waals surface area contributed by atoms with Crippen LogP contribution in [0.2, 0.25) is 5.02 Å². The van der Waals surface area contributed by atoms with Crippen LogP contribution >= 0.6 is 11.6 Å². The zero-order valence-electron chi connectivity index (χ0n) is 10.8. The van der Waals surface area contributed by atoms with Gasteiger partial charge in [0, 0.05) is 5.56 Å². The molecule has 1 fully saturated rings. The summed E-state index contributed by atoms with van der Waals surface area (Å²) in [6, 6.07) is 12.8. The Labute approximate surface area is 122 Å². The molecule has 2 aromatic rings. The average Bonchev–Trinajstić information content (AvgIpc) is 3.25. The predicted octanol–water partition coefficient (Wildman–Crippen LogP) is 3.65. The Hall–Kier alpha value is -2.00. The molecule has 0 heterocycles. The largest absolute Gasteiger partial charge is 0.489 e. The molecule has 2 aromatic carbocycles. The first-order valence-corrected chi connectivity index (χ1v) is 6.88. The summed E-state index contributed by atoms with van der Waals surface area (Å²) < 4.78 is 5.70. The van der Waals surface area contributed by atoms with Crippen molar-refractivity contribution in [3.8, 4) is 16.9 Å². The number of primary amides is 1. The lowest BCUT2D eigenvalue weighted by molar-refractivity contribution is 0.100. The van der Waals surface area contributed by atoms with Gasteiger partial charge in [0.2, 0.25) is 5.91 Å². The number of benzene rings is 2. The molecule has 0 atom stereocenters. The van der Waals surface area contributed by atoms with Crippen molar-refractivity contribution in [3.05, 3.63) is 53.1 Å². The number of carbonyl (C=O) groups excluding carboxylic acids is 1. The highest BCUT2D eigenvalue weighted by Gasteiger charge is 2.24. The first kappa shape index (κ1) is 13.0. The maximum Gasteiger partial charge on any atom is 0.248 e. The molecule has 0 aromatic heterocycles. The third-order valence-electron chi connectivity index (χ3n) is 3.23. The van der Waals surface area contributed by atoms with Crippen LogP contribution in [0.5, 0.6) is 5.75 Å². The predicted molar refractivity (Wildman–Crippen MR) is 79.1 cm³/mol. The minimum absolute atomic E-state index is 0.316. The van der Waals surface area contributed by atoms with Gasteiger partial charge in [-0.3, -0.25) is 4.79 Å². The number of hydrogen-bond donors (Lipinski definition) is 1. The van der Waals surface area contributed by atoms with Crippen molar-refractivity contribution in [1.29, 1.82) is 0 Å². The molecule has 102 valence electrons. The zero-order chi connectivity index (χ0) is 14.1. The van der Waals surface area contributed by atoms with Crippen molar-refractivity contribution in [2.24, 2.45) is 5.73 Å². The van der Waals surface area contributed by atoms with Crippen LogP contribution in [0.25, 0.3) is 11.1 Å². The van der Waals surface area contributed by atoms with Crippen LogP contribution in [0, 0.1) is 0 Å². The van der Waals surface area contributed by atoms with Crippen molar-refractivity contribution in [2.45, 2.75) is 18.9 Å². The summed E-state index contributed by atoms with van der Waals surface area (Å²) in [5.41, 5.74) is 7.61. The lowest BCUT2D eigenvalue weighted by Gasteiger charge is -2.09. The fourth-order valence-electron chi connectivity index (χ4n) is 1.99. The van der Waals surface area contributed by atoms with Crippen molar-refractivity contribution in [2.75, 3.05) is 0 Å². The van der Waals surface area contributed by atoms with Gasteiger partial charge in [-0.1, -0.05) is 29.8 Å². The minimum atomic E-state index is -0.438. The van der Waals surface area contributed by atoms with Gasteiger partial charge >= 0.3 is 0 Å². The molecule has 0 saturated heterocycles. The van der Waals surface area contributed by atoms with Gasteiger partial charge in [0.05, 0.1) is 11.1 Å². The molecule has 4 heteroatoms. The number of hydrogen-bond acceptors (Lipinski definition) is 2. The van der Waals surface area contributed by atoms with Crippen LogP contribution in [-0.4, -0.2) is 12.0 Å². The van der Waals surface area contributed by atoms with Crippen LogP contribution < -0.4 is 10.5 Å². The number of halogens is 1. The van der Waals surface area contributed by atoms with Crippen LogP contribution in [0.3, 0.4) is 0 Å². The highest BCUT2D eigenvalue weighted by atomic mass is 35.5. The fourth-order valence-corrected chi connectivity index (χ4v) is 2.22. The molecule has 2 N–H and O–H groups in total. The smallest absolute Gasteiger partial charge is 0.248 e. The molecule has 3 nitrogen and oxygen atoms in total. The quantitative estimate of drug-likeness (QED) is 0.933. The summed E-state index contributed by atoms with van der Waals surface area (Å²) in [6.45, 7) is 0. The third kappa shape index (κ3) is 2.78. The zero-order valence-corrected chi connectivity index (χ0v) is 11.6. The first-order valence-electron chi connectivity index (χ1n) is 6.50. The van der Waals surface area contributed by atoms with Gasteiger partial charge in [0.15, 0.2) is 0 Å². The van der Waals surface area contributed by atoms with E-state index in [2.05, 4.69) is 0 Å². The van der Waals surface area contributed by atoms with E-state index in [-0.39, 0.29) is 0 Å². The van der Waals surface area contributed by atoms with Crippen LogP contribution in [0.15, 0.2) is 42.5 Å². The minimum Gasteiger partial charge on any atom is -0.489 e. The summed E-state index contributed by atoms with van der Waals surface area (Å²) in [6.07, 6.45) is 2.51. The molecule has 1 amide bonds. The van der Waals surface area contributed by atoms with Gasteiger partial charge in [-0.05, 0) is 48.2 Å². The van der Waals surface area contributed by atoms with Gasteiger partial charge in [-0.15, -0.1) is 0 Å². The van der Waals surface area contributed by atoms with Crippen LogP contribution in [0.1, 0.15) is 23.2 Å². The first-order chi connectivity index (χ1) is 9.63. The lowest BCUT2D eigenvalue weighted by atomic mass is 10.0. The van der Waals surface area contributed by atoms with E-state index in [0.717, 1.165) is 24.0 Å². The molecule has 1 aliphatic carbocycles. The topological polar surface area (TPSA) is 52.3 Å². The number of amides is 1. The Morgan fingerprint density at radius 2 is 1.90 bits per heavy atom. The normalized spacial score (nSPS) is 14.1. The molecule has 0 bridgehead atoms. The number of rotatable bonds is 4. The Kier molecular flexibility index (Phi) is 3.36. The Morgan fingerprint density at radius 1 is 1.15 bits per heavy atom. The van der Waals surface area contributed by atoms with Gasteiger partial charge in [0.1, 0.15) is 5.75 Å². The molecule has 1 aliphatic rings. The van der Waals surface area contributed by atoms with Crippen molar-refractivity contribution >= 4 is 17.5 Å². The average molecular weight is 288 g/mol. The second-order valence-electron chi connectivity index (χ2n) is 4.91. The molecule has 0 radical (unpaired) electrons. The summed E-state index contributed by atoms with van der Waals surface area (Å²) >= 11 is 6.24. The van der Waals surface area contributed by atoms with E-state index in [4.69, 9.17) is 22.1 Å². The molecular weight excluding hydrogens is 274 g/mol. The maximum atomic E-state index is 11.2. The Bertz CT molecular complexity index is 665. The second kappa shape index (κ2) is 5.17. The summed E-state index contributed by atoms with van der Waals surface area (Å²) in [5, 5.41) is 0.582. The van der Waals surface area contributed by atoms with Crippen molar-refractivity contribution in [3.63, 3.8) is 0 Å². The number of ether oxygens (including phenoxy) is 1. The Balaban J connectivity index is 1.91. The second-order valence-corrected chi connectivity index (χ2v) is 5.31. The maximum absolute atomic E-state index is 11.2. The lowest BCUT2D eigenvalue weighted by Crippen LogP contribution is -2.10. The van der Waals surface area contributed by atoms with E-state index >= 15 is 0 Å². The molecule has 0 spiro atoms. The third-order valence-corrected chi connectivity index (χ3v) is 3.53. The summed E-state index contributed by atoms with van der Waals surface area (Å²) in [7, 11) is 0. The molecule has 3 rings (SSSR count). The van der Waals surface area contributed by atoms with Crippen molar-refractivity contribution in [1.82, 2.24) is 0 Å². The molecule has 0 unspecified atom stereocenters. The standard InChI is InChI=1S/C16H14ClNO2/c17-14-9-11(4-7-15(14)20-13-5-6-13)10-2-1-3-12(8-10)16(18)19/h1-4,7-9,13H,5-6H2,(H2,18,19).